The van der Waals surface area contributed by atoms with Gasteiger partial charge in [-0.2, -0.15) is 0 Å². The summed E-state index contributed by atoms with van der Waals surface area (Å²) in [5.74, 6) is 0.753. The van der Waals surface area contributed by atoms with E-state index in [0.717, 1.165) is 24.2 Å². The van der Waals surface area contributed by atoms with Crippen molar-refractivity contribution < 1.29 is 14.3 Å². The van der Waals surface area contributed by atoms with Crippen LogP contribution in [0.1, 0.15) is 24.0 Å². The van der Waals surface area contributed by atoms with E-state index >= 15 is 0 Å². The van der Waals surface area contributed by atoms with Crippen molar-refractivity contribution in [2.24, 2.45) is 0 Å². The first kappa shape index (κ1) is 20.3. The number of ether oxygens (including phenoxy) is 1. The monoisotopic (exact) mass is 369 g/mol. The van der Waals surface area contributed by atoms with E-state index in [-0.39, 0.29) is 18.4 Å². The highest BCUT2D eigenvalue weighted by atomic mass is 16.5. The molecule has 0 heterocycles. The number of benzene rings is 2. The number of carbonyl (C=O) groups is 2. The number of urea groups is 1. The summed E-state index contributed by atoms with van der Waals surface area (Å²) >= 11 is 0. The van der Waals surface area contributed by atoms with E-state index in [4.69, 9.17) is 4.74 Å². The van der Waals surface area contributed by atoms with Gasteiger partial charge in [0.1, 0.15) is 5.75 Å². The second-order valence-corrected chi connectivity index (χ2v) is 6.15. The molecule has 0 saturated heterocycles. The minimum absolute atomic E-state index is 0.0846. The highest BCUT2D eigenvalue weighted by Gasteiger charge is 2.04. The average Bonchev–Trinajstić information content (AvgIpc) is 2.71. The van der Waals surface area contributed by atoms with Crippen molar-refractivity contribution in [3.05, 3.63) is 65.7 Å². The summed E-state index contributed by atoms with van der Waals surface area (Å²) in [6.07, 6.45) is 1.98. The molecule has 3 amide bonds. The Bertz CT molecular complexity index is 702. The van der Waals surface area contributed by atoms with E-state index in [1.807, 2.05) is 54.6 Å². The van der Waals surface area contributed by atoms with Gasteiger partial charge in [0.2, 0.25) is 5.91 Å². The van der Waals surface area contributed by atoms with Crippen LogP contribution in [0.15, 0.2) is 54.6 Å². The average molecular weight is 369 g/mol. The molecular formula is C21H27N3O3. The summed E-state index contributed by atoms with van der Waals surface area (Å²) < 4.78 is 5.12. The molecule has 6 nitrogen and oxygen atoms in total. The zero-order valence-electron chi connectivity index (χ0n) is 15.7. The molecule has 0 aliphatic heterocycles. The van der Waals surface area contributed by atoms with Crippen molar-refractivity contribution in [3.63, 3.8) is 0 Å². The van der Waals surface area contributed by atoms with E-state index in [0.29, 0.717) is 19.6 Å². The third-order valence-electron chi connectivity index (χ3n) is 4.06. The number of rotatable bonds is 10. The van der Waals surface area contributed by atoms with E-state index in [9.17, 15) is 9.59 Å². The Hall–Kier alpha value is -3.02. The molecule has 27 heavy (non-hydrogen) atoms. The summed E-state index contributed by atoms with van der Waals surface area (Å²) in [6, 6.07) is 17.4. The summed E-state index contributed by atoms with van der Waals surface area (Å²) in [4.78, 5) is 23.5. The molecule has 2 aromatic carbocycles. The highest BCUT2D eigenvalue weighted by Crippen LogP contribution is 2.12. The van der Waals surface area contributed by atoms with Crippen LogP contribution in [0.25, 0.3) is 0 Å². The van der Waals surface area contributed by atoms with Gasteiger partial charge in [0.15, 0.2) is 0 Å². The van der Waals surface area contributed by atoms with Gasteiger partial charge < -0.3 is 20.7 Å². The molecule has 6 heteroatoms. The number of hydrogen-bond acceptors (Lipinski definition) is 3. The van der Waals surface area contributed by atoms with Gasteiger partial charge in [0.25, 0.3) is 0 Å². The smallest absolute Gasteiger partial charge is 0.314 e. The number of aryl methyl sites for hydroxylation is 1. The molecule has 0 radical (unpaired) electrons. The van der Waals surface area contributed by atoms with Gasteiger partial charge in [0, 0.05) is 26.1 Å². The molecule has 0 fully saturated rings. The van der Waals surface area contributed by atoms with Crippen LogP contribution < -0.4 is 20.7 Å². The van der Waals surface area contributed by atoms with Crippen molar-refractivity contribution in [1.29, 1.82) is 0 Å². The van der Waals surface area contributed by atoms with Crippen LogP contribution >= 0.6 is 0 Å². The van der Waals surface area contributed by atoms with Crippen LogP contribution in [-0.2, 0) is 17.8 Å². The second-order valence-electron chi connectivity index (χ2n) is 6.15. The molecule has 0 aliphatic rings. The summed E-state index contributed by atoms with van der Waals surface area (Å²) in [5.41, 5.74) is 2.25. The predicted molar refractivity (Wildman–Crippen MR) is 106 cm³/mol. The maximum atomic E-state index is 11.8. The summed E-state index contributed by atoms with van der Waals surface area (Å²) in [6.45, 7) is 1.39. The molecule has 2 rings (SSSR count). The number of nitrogens with one attached hydrogen (secondary N) is 3. The Morgan fingerprint density at radius 2 is 1.56 bits per heavy atom. The third-order valence-corrected chi connectivity index (χ3v) is 4.06. The predicted octanol–water partition coefficient (Wildman–Crippen LogP) is 2.63. The van der Waals surface area contributed by atoms with Crippen molar-refractivity contribution in [2.75, 3.05) is 20.2 Å². The lowest BCUT2D eigenvalue weighted by Crippen LogP contribution is -2.38. The number of amides is 3. The van der Waals surface area contributed by atoms with Crippen LogP contribution in [0, 0.1) is 0 Å². The van der Waals surface area contributed by atoms with Crippen LogP contribution in [0.2, 0.25) is 0 Å². The van der Waals surface area contributed by atoms with Crippen molar-refractivity contribution in [3.8, 4) is 5.75 Å². The first-order valence-electron chi connectivity index (χ1n) is 9.12. The van der Waals surface area contributed by atoms with E-state index in [1.54, 1.807) is 7.11 Å². The maximum Gasteiger partial charge on any atom is 0.314 e. The molecule has 2 aromatic rings. The summed E-state index contributed by atoms with van der Waals surface area (Å²) in [7, 11) is 1.64. The van der Waals surface area contributed by atoms with Crippen molar-refractivity contribution in [1.82, 2.24) is 16.0 Å². The van der Waals surface area contributed by atoms with Gasteiger partial charge >= 0.3 is 6.03 Å². The first-order chi connectivity index (χ1) is 13.2. The fourth-order valence-corrected chi connectivity index (χ4v) is 2.52. The molecular weight excluding hydrogens is 342 g/mol. The summed E-state index contributed by atoms with van der Waals surface area (Å²) in [5, 5.41) is 8.33. The lowest BCUT2D eigenvalue weighted by atomic mass is 10.1. The van der Waals surface area contributed by atoms with Crippen molar-refractivity contribution in [2.45, 2.75) is 25.8 Å². The van der Waals surface area contributed by atoms with Gasteiger partial charge in [-0.25, -0.2) is 4.79 Å². The fourth-order valence-electron chi connectivity index (χ4n) is 2.52. The standard InChI is InChI=1S/C21H27N3O3/c1-27-19-11-9-17(10-12-19)8-5-14-22-21(26)23-15-13-20(25)24-16-18-6-3-2-4-7-18/h2-4,6-7,9-12H,5,8,13-16H2,1H3,(H,24,25)(H2,22,23,26). The Labute approximate surface area is 160 Å². The van der Waals surface area contributed by atoms with Gasteiger partial charge in [-0.3, -0.25) is 4.79 Å². The van der Waals surface area contributed by atoms with Gasteiger partial charge in [-0.05, 0) is 36.1 Å². The molecule has 3 N–H and O–H groups in total. The lowest BCUT2D eigenvalue weighted by molar-refractivity contribution is -0.121. The topological polar surface area (TPSA) is 79.5 Å². The Morgan fingerprint density at radius 1 is 0.852 bits per heavy atom. The zero-order valence-corrected chi connectivity index (χ0v) is 15.7. The van der Waals surface area contributed by atoms with Crippen LogP contribution in [0.3, 0.4) is 0 Å². The number of hydrogen-bond donors (Lipinski definition) is 3. The molecule has 0 aliphatic carbocycles. The minimum Gasteiger partial charge on any atom is -0.497 e. The molecule has 0 aromatic heterocycles. The first-order valence-corrected chi connectivity index (χ1v) is 9.12. The Morgan fingerprint density at radius 3 is 2.26 bits per heavy atom. The van der Waals surface area contributed by atoms with E-state index in [1.165, 1.54) is 5.56 Å². The second kappa shape index (κ2) is 11.6. The largest absolute Gasteiger partial charge is 0.497 e. The van der Waals surface area contributed by atoms with Gasteiger partial charge in [-0.15, -0.1) is 0 Å². The molecule has 0 unspecified atom stereocenters. The molecule has 0 saturated carbocycles. The highest BCUT2D eigenvalue weighted by molar-refractivity contribution is 5.78. The van der Waals surface area contributed by atoms with E-state index < -0.39 is 0 Å². The van der Waals surface area contributed by atoms with Gasteiger partial charge in [-0.1, -0.05) is 42.5 Å². The quantitative estimate of drug-likeness (QED) is 0.563. The van der Waals surface area contributed by atoms with Crippen molar-refractivity contribution >= 4 is 11.9 Å². The van der Waals surface area contributed by atoms with E-state index in [2.05, 4.69) is 16.0 Å². The Kier molecular flexibility index (Phi) is 8.69. The van der Waals surface area contributed by atoms with Gasteiger partial charge in [0.05, 0.1) is 7.11 Å². The fraction of sp³-hybridized carbons (Fsp3) is 0.333. The number of carbonyl (C=O) groups excluding carboxylic acids is 2. The molecule has 144 valence electrons. The third kappa shape index (κ3) is 8.27. The normalized spacial score (nSPS) is 10.1. The van der Waals surface area contributed by atoms with Crippen LogP contribution in [0.5, 0.6) is 5.75 Å². The van der Waals surface area contributed by atoms with Crippen LogP contribution in [0.4, 0.5) is 4.79 Å². The number of methoxy groups -OCH3 is 1. The lowest BCUT2D eigenvalue weighted by Gasteiger charge is -2.08. The SMILES string of the molecule is COc1ccc(CCCNC(=O)NCCC(=O)NCc2ccccc2)cc1. The molecule has 0 bridgehead atoms. The van der Waals surface area contributed by atoms with Crippen LogP contribution in [-0.4, -0.2) is 32.1 Å². The maximum absolute atomic E-state index is 11.8. The minimum atomic E-state index is -0.249. The Balaban J connectivity index is 1.50. The molecule has 0 atom stereocenters. The molecule has 0 spiro atoms. The zero-order chi connectivity index (χ0) is 19.3.